The highest BCUT2D eigenvalue weighted by molar-refractivity contribution is 7.80. The summed E-state index contributed by atoms with van der Waals surface area (Å²) in [5.41, 5.74) is 1.26. The number of aryl methyl sites for hydroxylation is 1. The highest BCUT2D eigenvalue weighted by Crippen LogP contribution is 2.24. The summed E-state index contributed by atoms with van der Waals surface area (Å²) in [6, 6.07) is 4.53. The van der Waals surface area contributed by atoms with Gasteiger partial charge in [-0.2, -0.15) is 0 Å². The van der Waals surface area contributed by atoms with Crippen molar-refractivity contribution in [1.29, 1.82) is 0 Å². The number of amides is 3. The Kier molecular flexibility index (Phi) is 14.9. The minimum absolute atomic E-state index is 0.00991. The van der Waals surface area contributed by atoms with E-state index in [1.807, 2.05) is 51.8 Å². The monoisotopic (exact) mass is 701 g/mol. The van der Waals surface area contributed by atoms with Crippen molar-refractivity contribution in [1.82, 2.24) is 25.4 Å². The number of thiol groups is 1. The van der Waals surface area contributed by atoms with Crippen LogP contribution in [0.25, 0.3) is 0 Å². The normalized spacial score (nSPS) is 18.5. The van der Waals surface area contributed by atoms with E-state index in [0.717, 1.165) is 36.4 Å². The molecule has 1 fully saturated rings. The molecule has 0 spiro atoms. The van der Waals surface area contributed by atoms with Crippen molar-refractivity contribution in [2.45, 2.75) is 122 Å². The molecule has 2 heterocycles. The average Bonchev–Trinajstić information content (AvgIpc) is 3.71. The molecular weight excluding hydrogens is 643 g/mol. The Balaban J connectivity index is 1.71. The van der Waals surface area contributed by atoms with Gasteiger partial charge in [0.25, 0.3) is 5.91 Å². The maximum Gasteiger partial charge on any atom is 0.270 e. The molecule has 1 aliphatic rings. The number of nitrogens with zero attached hydrogens (tertiary/aromatic N) is 3. The van der Waals surface area contributed by atoms with Crippen molar-refractivity contribution >= 4 is 47.5 Å². The first-order valence-corrected chi connectivity index (χ1v) is 18.8. The fourth-order valence-corrected chi connectivity index (χ4v) is 7.55. The number of benzene rings is 1. The van der Waals surface area contributed by atoms with E-state index in [-0.39, 0.29) is 59.4 Å². The first-order chi connectivity index (χ1) is 23.2. The summed E-state index contributed by atoms with van der Waals surface area (Å²) in [6.07, 6.45) is 4.82. The number of carbonyl (C=O) groups excluding carboxylic acids is 4. The fourth-order valence-electron chi connectivity index (χ4n) is 6.51. The molecule has 1 aromatic carbocycles. The maximum atomic E-state index is 14.1. The number of rotatable bonds is 18. The van der Waals surface area contributed by atoms with Crippen LogP contribution < -0.4 is 10.6 Å². The van der Waals surface area contributed by atoms with Crippen molar-refractivity contribution in [3.05, 3.63) is 45.9 Å². The lowest BCUT2D eigenvalue weighted by Gasteiger charge is -2.38. The zero-order valence-corrected chi connectivity index (χ0v) is 31.8. The predicted molar refractivity (Wildman–Crippen MR) is 197 cm³/mol. The molecule has 3 amide bonds. The molecule has 6 atom stereocenters. The van der Waals surface area contributed by atoms with Gasteiger partial charge in [0.05, 0.1) is 12.4 Å². The van der Waals surface area contributed by atoms with Gasteiger partial charge in [-0.1, -0.05) is 53.2 Å². The number of aromatic nitrogens is 1. The zero-order valence-electron chi connectivity index (χ0n) is 31.0. The lowest BCUT2D eigenvalue weighted by molar-refractivity contribution is -0.141. The Morgan fingerprint density at radius 1 is 1.19 bits per heavy atom. The molecule has 9 nitrogen and oxygen atoms in total. The number of hydrogen-bond acceptors (Lipinski definition) is 8. The quantitative estimate of drug-likeness (QED) is 0.169. The van der Waals surface area contributed by atoms with Crippen LogP contribution in [0.1, 0.15) is 103 Å². The molecule has 1 saturated heterocycles. The smallest absolute Gasteiger partial charge is 0.270 e. The molecule has 2 aromatic rings. The van der Waals surface area contributed by atoms with E-state index in [1.54, 1.807) is 18.4 Å². The third kappa shape index (κ3) is 11.1. The molecule has 266 valence electrons. The van der Waals surface area contributed by atoms with Gasteiger partial charge in [0.15, 0.2) is 0 Å². The van der Waals surface area contributed by atoms with Crippen LogP contribution in [-0.2, 0) is 27.2 Å². The maximum absolute atomic E-state index is 14.1. The zero-order chi connectivity index (χ0) is 36.4. The van der Waals surface area contributed by atoms with Crippen molar-refractivity contribution < 1.29 is 20.5 Å². The Morgan fingerprint density at radius 2 is 1.92 bits per heavy atom. The molecule has 1 aliphatic heterocycles. The van der Waals surface area contributed by atoms with Gasteiger partial charge in [0, 0.05) is 41.2 Å². The van der Waals surface area contributed by atoms with Gasteiger partial charge < -0.3 is 15.5 Å². The molecule has 11 heteroatoms. The minimum Gasteiger partial charge on any atom is -0.348 e. The lowest BCUT2D eigenvalue weighted by Crippen LogP contribution is -2.57. The summed E-state index contributed by atoms with van der Waals surface area (Å²) >= 11 is 5.81. The van der Waals surface area contributed by atoms with Gasteiger partial charge in [0.2, 0.25) is 11.8 Å². The number of hydrogen-bond donors (Lipinski definition) is 3. The second-order valence-corrected chi connectivity index (χ2v) is 15.2. The van der Waals surface area contributed by atoms with E-state index in [1.165, 1.54) is 11.3 Å². The van der Waals surface area contributed by atoms with Gasteiger partial charge in [-0.25, -0.2) is 4.98 Å². The molecule has 0 bridgehead atoms. The molecule has 0 saturated carbocycles. The molecule has 2 N–H and O–H groups in total. The first-order valence-electron chi connectivity index (χ1n) is 18.0. The van der Waals surface area contributed by atoms with E-state index in [0.29, 0.717) is 48.9 Å². The van der Waals surface area contributed by atoms with Crippen molar-refractivity contribution in [2.24, 2.45) is 17.8 Å². The van der Waals surface area contributed by atoms with Crippen molar-refractivity contribution in [3.63, 3.8) is 0 Å². The third-order valence-corrected chi connectivity index (χ3v) is 11.0. The molecule has 48 heavy (non-hydrogen) atoms. The summed E-state index contributed by atoms with van der Waals surface area (Å²) < 4.78 is 7.90. The largest absolute Gasteiger partial charge is 0.348 e. The molecule has 0 aliphatic carbocycles. The molecule has 3 rings (SSSR count). The Bertz CT molecular complexity index is 1440. The van der Waals surface area contributed by atoms with Crippen molar-refractivity contribution in [2.75, 3.05) is 20.1 Å². The van der Waals surface area contributed by atoms with Crippen LogP contribution in [0.5, 0.6) is 0 Å². The van der Waals surface area contributed by atoms with Crippen LogP contribution in [-0.4, -0.2) is 82.6 Å². The second kappa shape index (κ2) is 18.9. The van der Waals surface area contributed by atoms with Crippen molar-refractivity contribution in [3.8, 4) is 0 Å². The molecule has 0 radical (unpaired) electrons. The number of carbonyl (C=O) groups is 4. The van der Waals surface area contributed by atoms with E-state index in [9.17, 15) is 19.2 Å². The summed E-state index contributed by atoms with van der Waals surface area (Å²) in [6.45, 7) is 15.1. The topological polar surface area (TPSA) is 112 Å². The number of ketones is 1. The highest BCUT2D eigenvalue weighted by atomic mass is 32.1. The summed E-state index contributed by atoms with van der Waals surface area (Å²) in [5, 5.41) is 8.81. The number of Topliss-reactive ketones (excluding diaryl/α,β-unsaturated/α-hetero) is 1. The first kappa shape index (κ1) is 38.0. The minimum atomic E-state index is -0.592. The fraction of sp³-hybridized carbons (Fsp3) is 0.649. The van der Waals surface area contributed by atoms with Crippen LogP contribution in [0.4, 0.5) is 0 Å². The van der Waals surface area contributed by atoms with Crippen LogP contribution in [0, 0.1) is 17.8 Å². The average molecular weight is 702 g/mol. The van der Waals surface area contributed by atoms with E-state index < -0.39 is 6.04 Å². The second-order valence-electron chi connectivity index (χ2n) is 13.8. The summed E-state index contributed by atoms with van der Waals surface area (Å²) in [5.74, 6) is -0.410. The van der Waals surface area contributed by atoms with Gasteiger partial charge in [-0.05, 0) is 89.1 Å². The van der Waals surface area contributed by atoms with Gasteiger partial charge in [-0.15, -0.1) is 24.0 Å². The van der Waals surface area contributed by atoms with Crippen LogP contribution in [0.2, 0.25) is 0 Å². The Labute approximate surface area is 298 Å². The Morgan fingerprint density at radius 3 is 2.50 bits per heavy atom. The number of nitrogens with one attached hydrogen (secondary N) is 2. The van der Waals surface area contributed by atoms with Gasteiger partial charge in [0.1, 0.15) is 17.5 Å². The van der Waals surface area contributed by atoms with Gasteiger partial charge in [-0.3, -0.25) is 24.1 Å². The SMILES string of the molecule is [3H]c1ccc(CC(CC(C)C(C)=O)NC(=O)c2csc(CCC(C(C)C)N(CC)C(=O)C(NC(=O)C3CCCN3C)C(C)CC)n2)cc1S. The van der Waals surface area contributed by atoms with Crippen LogP contribution in [0.3, 0.4) is 0 Å². The number of likely N-dealkylation sites (N-methyl/N-ethyl adjacent to an activating group) is 2. The van der Waals surface area contributed by atoms with E-state index in [4.69, 9.17) is 1.37 Å². The predicted octanol–water partition coefficient (Wildman–Crippen LogP) is 5.82. The lowest BCUT2D eigenvalue weighted by atomic mass is 9.93. The number of likely N-dealkylation sites (tertiary alicyclic amines) is 1. The van der Waals surface area contributed by atoms with E-state index in [2.05, 4.69) is 47.0 Å². The van der Waals surface area contributed by atoms with Crippen LogP contribution >= 0.6 is 24.0 Å². The third-order valence-electron chi connectivity index (χ3n) is 9.83. The van der Waals surface area contributed by atoms with Gasteiger partial charge >= 0.3 is 0 Å². The standard InChI is InChI=1S/C37H57N5O4S2/c1-9-24(5)34(40-36(45)32-15-12-18-41(32)8)37(46)42(10-2)31(23(3)4)16-17-33-39-30(22-48-33)35(44)38-28(19-25(6)26(7)43)20-27-13-11-14-29(47)21-27/h11,13-14,21-25,28,31-32,34,47H,9-10,12,15-20H2,1-8H3,(H,38,44)(H,40,45)/i14T. The molecule has 1 aromatic heterocycles. The summed E-state index contributed by atoms with van der Waals surface area (Å²) in [4.78, 5) is 62.1. The molecular formula is C37H57N5O4S2. The molecule has 6 unspecified atom stereocenters. The Hall–Kier alpha value is -2.76. The number of thiazole rings is 1. The highest BCUT2D eigenvalue weighted by Gasteiger charge is 2.37. The summed E-state index contributed by atoms with van der Waals surface area (Å²) in [7, 11) is 1.96. The van der Waals surface area contributed by atoms with Crippen LogP contribution in [0.15, 0.2) is 34.5 Å². The van der Waals surface area contributed by atoms with E-state index >= 15 is 0 Å².